The second-order valence-electron chi connectivity index (χ2n) is 9.49. The molecule has 2 heterocycles. The fourth-order valence-electron chi connectivity index (χ4n) is 6.54. The molecule has 0 aromatic carbocycles. The minimum atomic E-state index is -0.203. The number of carbonyl (C=O) groups is 2. The molecule has 4 aliphatic carbocycles. The second-order valence-corrected chi connectivity index (χ2v) is 10.6. The Morgan fingerprint density at radius 3 is 2.76 bits per heavy atom. The molecule has 158 valence electrons. The number of nitrogens with one attached hydrogen (secondary N) is 2. The lowest BCUT2D eigenvalue weighted by molar-refractivity contribution is -0.127. The fourth-order valence-corrected chi connectivity index (χ4v) is 7.72. The molecule has 0 saturated heterocycles. The first-order valence-electron chi connectivity index (χ1n) is 10.8. The smallest absolute Gasteiger partial charge is 0.254 e. The van der Waals surface area contributed by atoms with E-state index in [1.807, 2.05) is 6.92 Å². The molecule has 4 fully saturated rings. The van der Waals surface area contributed by atoms with Gasteiger partial charge in [-0.15, -0.1) is 11.3 Å². The van der Waals surface area contributed by atoms with Crippen LogP contribution in [-0.4, -0.2) is 38.2 Å². The largest absolute Gasteiger partial charge is 0.383 e. The number of ether oxygens (including phenoxy) is 2. The standard InChI is InChI=1S/C22H30N2O4S/c1-12(10-27-2)23-19(25)18-16-3-4-28-11-17(16)29-20(18)24-21(26)22-8-13-5-14(9-22)7-15(22)6-13/h12-15H,3-11H2,1-2H3,(H,23,25)(H,24,26). The molecule has 1 aliphatic heterocycles. The van der Waals surface area contributed by atoms with Crippen molar-refractivity contribution in [2.45, 2.75) is 58.1 Å². The van der Waals surface area contributed by atoms with Crippen molar-refractivity contribution in [3.8, 4) is 0 Å². The van der Waals surface area contributed by atoms with Crippen LogP contribution in [0, 0.1) is 23.2 Å². The lowest BCUT2D eigenvalue weighted by atomic mass is 9.75. The summed E-state index contributed by atoms with van der Waals surface area (Å²) in [4.78, 5) is 27.7. The maximum Gasteiger partial charge on any atom is 0.254 e. The van der Waals surface area contributed by atoms with Gasteiger partial charge in [-0.3, -0.25) is 9.59 Å². The van der Waals surface area contributed by atoms with Gasteiger partial charge in [-0.05, 0) is 68.8 Å². The van der Waals surface area contributed by atoms with Crippen molar-refractivity contribution in [2.24, 2.45) is 23.2 Å². The van der Waals surface area contributed by atoms with Crippen molar-refractivity contribution >= 4 is 28.2 Å². The van der Waals surface area contributed by atoms with Crippen LogP contribution in [0.1, 0.15) is 59.8 Å². The molecule has 1 aromatic heterocycles. The third-order valence-electron chi connectivity index (χ3n) is 7.51. The first-order valence-corrected chi connectivity index (χ1v) is 11.7. The van der Waals surface area contributed by atoms with Crippen LogP contribution < -0.4 is 10.6 Å². The summed E-state index contributed by atoms with van der Waals surface area (Å²) in [5, 5.41) is 6.96. The van der Waals surface area contributed by atoms with Crippen LogP contribution in [0.25, 0.3) is 0 Å². The number of fused-ring (bicyclic) bond motifs is 1. The summed E-state index contributed by atoms with van der Waals surface area (Å²) in [6.07, 6.45) is 6.49. The number of anilines is 1. The van der Waals surface area contributed by atoms with Crippen LogP contribution >= 0.6 is 11.3 Å². The molecule has 0 radical (unpaired) electrons. The Kier molecular flexibility index (Phi) is 4.95. The first kappa shape index (κ1) is 19.5. The molecule has 3 unspecified atom stereocenters. The molecule has 7 heteroatoms. The summed E-state index contributed by atoms with van der Waals surface area (Å²) in [7, 11) is 1.63. The average Bonchev–Trinajstić information content (AvgIpc) is 3.25. The van der Waals surface area contributed by atoms with Crippen LogP contribution in [0.2, 0.25) is 0 Å². The van der Waals surface area contributed by atoms with Crippen LogP contribution in [0.15, 0.2) is 0 Å². The number of carbonyl (C=O) groups excluding carboxylic acids is 2. The van der Waals surface area contributed by atoms with E-state index in [0.29, 0.717) is 42.7 Å². The van der Waals surface area contributed by atoms with Gasteiger partial charge < -0.3 is 20.1 Å². The Morgan fingerprint density at radius 2 is 2.03 bits per heavy atom. The Bertz CT molecular complexity index is 821. The highest BCUT2D eigenvalue weighted by Gasteiger charge is 2.61. The van der Waals surface area contributed by atoms with Gasteiger partial charge in [0.15, 0.2) is 0 Å². The lowest BCUT2D eigenvalue weighted by Crippen LogP contribution is -2.39. The predicted molar refractivity (Wildman–Crippen MR) is 111 cm³/mol. The Morgan fingerprint density at radius 1 is 1.28 bits per heavy atom. The van der Waals surface area contributed by atoms with Gasteiger partial charge >= 0.3 is 0 Å². The average molecular weight is 419 g/mol. The van der Waals surface area contributed by atoms with Crippen molar-refractivity contribution in [1.29, 1.82) is 0 Å². The zero-order valence-electron chi connectivity index (χ0n) is 17.2. The summed E-state index contributed by atoms with van der Waals surface area (Å²) in [6, 6.07) is -0.0915. The normalized spacial score (nSPS) is 32.8. The Labute approximate surface area is 175 Å². The van der Waals surface area contributed by atoms with E-state index < -0.39 is 0 Å². The van der Waals surface area contributed by atoms with Crippen LogP contribution in [-0.2, 0) is 27.3 Å². The van der Waals surface area contributed by atoms with Crippen molar-refractivity contribution in [3.05, 3.63) is 16.0 Å². The number of amides is 2. The highest BCUT2D eigenvalue weighted by Crippen LogP contribution is 2.65. The van der Waals surface area contributed by atoms with E-state index in [1.165, 1.54) is 30.6 Å². The van der Waals surface area contributed by atoms with Crippen molar-refractivity contribution < 1.29 is 19.1 Å². The van der Waals surface area contributed by atoms with Crippen LogP contribution in [0.5, 0.6) is 0 Å². The monoisotopic (exact) mass is 418 g/mol. The van der Waals surface area contributed by atoms with E-state index in [-0.39, 0.29) is 23.3 Å². The Balaban J connectivity index is 1.42. The topological polar surface area (TPSA) is 76.7 Å². The number of hydrogen-bond acceptors (Lipinski definition) is 5. The van der Waals surface area contributed by atoms with Gasteiger partial charge in [-0.1, -0.05) is 0 Å². The predicted octanol–water partition coefficient (Wildman–Crippen LogP) is 3.35. The maximum atomic E-state index is 13.5. The van der Waals surface area contributed by atoms with Gasteiger partial charge in [0.25, 0.3) is 5.91 Å². The Hall–Kier alpha value is -1.44. The van der Waals surface area contributed by atoms with E-state index >= 15 is 0 Å². The number of hydrogen-bond donors (Lipinski definition) is 2. The van der Waals surface area contributed by atoms with Crippen molar-refractivity contribution in [3.63, 3.8) is 0 Å². The van der Waals surface area contributed by atoms with Gasteiger partial charge in [0, 0.05) is 18.0 Å². The molecule has 5 aliphatic rings. The molecule has 4 saturated carbocycles. The van der Waals surface area contributed by atoms with E-state index in [1.54, 1.807) is 7.11 Å². The molecular weight excluding hydrogens is 388 g/mol. The first-order chi connectivity index (χ1) is 14.0. The van der Waals surface area contributed by atoms with E-state index in [4.69, 9.17) is 9.47 Å². The van der Waals surface area contributed by atoms with E-state index in [9.17, 15) is 9.59 Å². The molecule has 3 atom stereocenters. The summed E-state index contributed by atoms with van der Waals surface area (Å²) in [6.45, 7) is 3.51. The number of rotatable bonds is 6. The number of thiophene rings is 1. The third kappa shape index (κ3) is 3.22. The highest BCUT2D eigenvalue weighted by atomic mass is 32.1. The van der Waals surface area contributed by atoms with Gasteiger partial charge in [-0.25, -0.2) is 0 Å². The van der Waals surface area contributed by atoms with Gasteiger partial charge in [0.2, 0.25) is 5.91 Å². The molecule has 0 spiro atoms. The quantitative estimate of drug-likeness (QED) is 0.743. The highest BCUT2D eigenvalue weighted by molar-refractivity contribution is 7.17. The molecular formula is C22H30N2O4S. The summed E-state index contributed by atoms with van der Waals surface area (Å²) >= 11 is 1.51. The lowest BCUT2D eigenvalue weighted by Gasteiger charge is -2.31. The maximum absolute atomic E-state index is 13.5. The van der Waals surface area contributed by atoms with Gasteiger partial charge in [0.05, 0.1) is 30.8 Å². The summed E-state index contributed by atoms with van der Waals surface area (Å²) in [5.41, 5.74) is 1.47. The number of methoxy groups -OCH3 is 1. The van der Waals surface area contributed by atoms with Crippen molar-refractivity contribution in [2.75, 3.05) is 25.6 Å². The second kappa shape index (κ2) is 7.36. The molecule has 2 amide bonds. The zero-order valence-corrected chi connectivity index (χ0v) is 18.0. The fraction of sp³-hybridized carbons (Fsp3) is 0.727. The summed E-state index contributed by atoms with van der Waals surface area (Å²) in [5.74, 6) is 1.99. The van der Waals surface area contributed by atoms with Crippen molar-refractivity contribution in [1.82, 2.24) is 5.32 Å². The van der Waals surface area contributed by atoms with E-state index in [2.05, 4.69) is 10.6 Å². The molecule has 29 heavy (non-hydrogen) atoms. The zero-order chi connectivity index (χ0) is 20.2. The van der Waals surface area contributed by atoms with Gasteiger partial charge in [-0.2, -0.15) is 0 Å². The molecule has 1 aromatic rings. The van der Waals surface area contributed by atoms with Gasteiger partial charge in [0.1, 0.15) is 5.00 Å². The minimum absolute atomic E-state index is 0.0915. The van der Waals surface area contributed by atoms with Crippen LogP contribution in [0.4, 0.5) is 5.00 Å². The molecule has 2 N–H and O–H groups in total. The minimum Gasteiger partial charge on any atom is -0.383 e. The molecule has 4 bridgehead atoms. The third-order valence-corrected chi connectivity index (χ3v) is 8.63. The molecule has 6 rings (SSSR count). The molecule has 6 nitrogen and oxygen atoms in total. The summed E-state index contributed by atoms with van der Waals surface area (Å²) < 4.78 is 10.8. The van der Waals surface area contributed by atoms with Crippen LogP contribution in [0.3, 0.4) is 0 Å². The SMILES string of the molecule is COCC(C)NC(=O)c1c(NC(=O)C23CC4CC(CC2C4)C3)sc2c1CCOC2. The van der Waals surface area contributed by atoms with E-state index in [0.717, 1.165) is 35.1 Å².